The van der Waals surface area contributed by atoms with Gasteiger partial charge in [-0.15, -0.1) is 0 Å². The van der Waals surface area contributed by atoms with Gasteiger partial charge in [-0.2, -0.15) is 0 Å². The van der Waals surface area contributed by atoms with Crippen LogP contribution >= 0.6 is 0 Å². The molecule has 1 atom stereocenters. The first-order chi connectivity index (χ1) is 9.38. The Labute approximate surface area is 117 Å². The van der Waals surface area contributed by atoms with Crippen molar-refractivity contribution in [2.24, 2.45) is 0 Å². The van der Waals surface area contributed by atoms with Crippen molar-refractivity contribution in [1.29, 1.82) is 0 Å². The maximum Gasteiger partial charge on any atom is 0.223 e. The van der Waals surface area contributed by atoms with E-state index in [2.05, 4.69) is 31.2 Å². The molecular weight excluding hydrogens is 236 g/mol. The van der Waals surface area contributed by atoms with E-state index in [0.717, 1.165) is 12.4 Å². The number of aryl methyl sites for hydroxylation is 1. The molecule has 1 aromatic rings. The number of hydrogen-bond donors (Lipinski definition) is 0. The van der Waals surface area contributed by atoms with Gasteiger partial charge in [-0.1, -0.05) is 57.6 Å². The second kappa shape index (κ2) is 8.21. The maximum atomic E-state index is 5.54. The standard InChI is InChI=1S/C17H26O2/c1-2-3-4-5-6-7-8-9-15-10-12-16(13-11-15)19-17-14-18-17/h10-13,17H,2-9,14H2,1H3. The number of benzene rings is 1. The van der Waals surface area contributed by atoms with Gasteiger partial charge in [0.25, 0.3) is 0 Å². The van der Waals surface area contributed by atoms with Gasteiger partial charge in [-0.3, -0.25) is 0 Å². The highest BCUT2D eigenvalue weighted by Crippen LogP contribution is 2.20. The summed E-state index contributed by atoms with van der Waals surface area (Å²) in [5, 5.41) is 0. The topological polar surface area (TPSA) is 21.8 Å². The van der Waals surface area contributed by atoms with Crippen LogP contribution in [0, 0.1) is 0 Å². The lowest BCUT2D eigenvalue weighted by Crippen LogP contribution is -1.97. The third-order valence-corrected chi connectivity index (χ3v) is 3.56. The third kappa shape index (κ3) is 6.11. The van der Waals surface area contributed by atoms with Gasteiger partial charge in [0, 0.05) is 0 Å². The van der Waals surface area contributed by atoms with Gasteiger partial charge >= 0.3 is 0 Å². The minimum absolute atomic E-state index is 0.00831. The van der Waals surface area contributed by atoms with E-state index in [1.165, 1.54) is 56.9 Å². The van der Waals surface area contributed by atoms with Gasteiger partial charge in [0.2, 0.25) is 6.29 Å². The molecule has 1 unspecified atom stereocenters. The molecule has 106 valence electrons. The van der Waals surface area contributed by atoms with E-state index >= 15 is 0 Å². The molecule has 1 saturated heterocycles. The molecule has 0 aromatic heterocycles. The van der Waals surface area contributed by atoms with Crippen LogP contribution in [0.3, 0.4) is 0 Å². The van der Waals surface area contributed by atoms with E-state index in [0.29, 0.717) is 0 Å². The summed E-state index contributed by atoms with van der Waals surface area (Å²) in [6, 6.07) is 8.46. The van der Waals surface area contributed by atoms with Crippen LogP contribution in [-0.4, -0.2) is 12.9 Å². The maximum absolute atomic E-state index is 5.54. The van der Waals surface area contributed by atoms with Crippen molar-refractivity contribution >= 4 is 0 Å². The SMILES string of the molecule is CCCCCCCCCc1ccc(OC2CO2)cc1. The summed E-state index contributed by atoms with van der Waals surface area (Å²) in [6.45, 7) is 3.00. The van der Waals surface area contributed by atoms with Crippen LogP contribution in [0.2, 0.25) is 0 Å². The molecule has 2 heteroatoms. The molecule has 0 aliphatic carbocycles. The van der Waals surface area contributed by atoms with Crippen molar-refractivity contribution in [3.63, 3.8) is 0 Å². The molecule has 0 radical (unpaired) electrons. The molecule has 0 bridgehead atoms. The van der Waals surface area contributed by atoms with Crippen molar-refractivity contribution in [2.75, 3.05) is 6.61 Å². The van der Waals surface area contributed by atoms with E-state index in [1.807, 2.05) is 0 Å². The number of rotatable bonds is 10. The Hall–Kier alpha value is -1.02. The van der Waals surface area contributed by atoms with Crippen molar-refractivity contribution < 1.29 is 9.47 Å². The van der Waals surface area contributed by atoms with Crippen LogP contribution in [0.25, 0.3) is 0 Å². The van der Waals surface area contributed by atoms with Crippen LogP contribution in [0.1, 0.15) is 57.4 Å². The Morgan fingerprint density at radius 2 is 1.63 bits per heavy atom. The minimum atomic E-state index is 0.00831. The lowest BCUT2D eigenvalue weighted by molar-refractivity contribution is 0.179. The first kappa shape index (κ1) is 14.4. The molecule has 1 aromatic carbocycles. The summed E-state index contributed by atoms with van der Waals surface area (Å²) < 4.78 is 10.6. The zero-order chi connectivity index (χ0) is 13.3. The zero-order valence-corrected chi connectivity index (χ0v) is 12.1. The molecule has 0 amide bonds. The average molecular weight is 262 g/mol. The van der Waals surface area contributed by atoms with Gasteiger partial charge in [0.15, 0.2) is 0 Å². The Morgan fingerprint density at radius 3 is 2.26 bits per heavy atom. The lowest BCUT2D eigenvalue weighted by Gasteiger charge is -2.05. The molecule has 1 heterocycles. The fourth-order valence-corrected chi connectivity index (χ4v) is 2.28. The second-order valence-corrected chi connectivity index (χ2v) is 5.40. The molecule has 0 N–H and O–H groups in total. The first-order valence-electron chi connectivity index (χ1n) is 7.75. The number of ether oxygens (including phenoxy) is 2. The molecule has 2 nitrogen and oxygen atoms in total. The monoisotopic (exact) mass is 262 g/mol. The van der Waals surface area contributed by atoms with E-state index < -0.39 is 0 Å². The second-order valence-electron chi connectivity index (χ2n) is 5.40. The predicted octanol–water partition coefficient (Wildman–Crippen LogP) is 4.71. The molecule has 0 saturated carbocycles. The molecule has 1 fully saturated rings. The summed E-state index contributed by atoms with van der Waals surface area (Å²) in [5.74, 6) is 0.922. The fraction of sp³-hybridized carbons (Fsp3) is 0.647. The third-order valence-electron chi connectivity index (χ3n) is 3.56. The lowest BCUT2D eigenvalue weighted by atomic mass is 10.0. The van der Waals surface area contributed by atoms with Crippen molar-refractivity contribution in [2.45, 2.75) is 64.6 Å². The molecular formula is C17H26O2. The Bertz CT molecular complexity index is 341. The van der Waals surface area contributed by atoms with Crippen LogP contribution in [-0.2, 0) is 11.2 Å². The number of hydrogen-bond acceptors (Lipinski definition) is 2. The fourth-order valence-electron chi connectivity index (χ4n) is 2.28. The molecule has 2 rings (SSSR count). The Balaban J connectivity index is 1.55. The first-order valence-corrected chi connectivity index (χ1v) is 7.75. The van der Waals surface area contributed by atoms with Crippen LogP contribution in [0.15, 0.2) is 24.3 Å². The Kier molecular flexibility index (Phi) is 6.22. The van der Waals surface area contributed by atoms with Gasteiger partial charge in [-0.05, 0) is 30.5 Å². The smallest absolute Gasteiger partial charge is 0.223 e. The normalized spacial score (nSPS) is 17.4. The van der Waals surface area contributed by atoms with Crippen LogP contribution in [0.5, 0.6) is 5.75 Å². The van der Waals surface area contributed by atoms with Crippen molar-refractivity contribution in [1.82, 2.24) is 0 Å². The van der Waals surface area contributed by atoms with E-state index in [4.69, 9.17) is 9.47 Å². The van der Waals surface area contributed by atoms with E-state index in [9.17, 15) is 0 Å². The predicted molar refractivity (Wildman–Crippen MR) is 78.5 cm³/mol. The molecule has 1 aliphatic rings. The summed E-state index contributed by atoms with van der Waals surface area (Å²) >= 11 is 0. The zero-order valence-electron chi connectivity index (χ0n) is 12.1. The van der Waals surface area contributed by atoms with Crippen LogP contribution < -0.4 is 4.74 Å². The van der Waals surface area contributed by atoms with Gasteiger partial charge in [0.05, 0.1) is 0 Å². The van der Waals surface area contributed by atoms with Gasteiger partial charge in [-0.25, -0.2) is 0 Å². The highest BCUT2D eigenvalue weighted by Gasteiger charge is 2.24. The minimum Gasteiger partial charge on any atom is -0.462 e. The summed E-state index contributed by atoms with van der Waals surface area (Å²) in [6.07, 6.45) is 10.8. The van der Waals surface area contributed by atoms with E-state index in [-0.39, 0.29) is 6.29 Å². The average Bonchev–Trinajstić information content (AvgIpc) is 3.24. The van der Waals surface area contributed by atoms with Gasteiger partial charge < -0.3 is 9.47 Å². The summed E-state index contributed by atoms with van der Waals surface area (Å²) in [4.78, 5) is 0. The molecule has 19 heavy (non-hydrogen) atoms. The van der Waals surface area contributed by atoms with Gasteiger partial charge in [0.1, 0.15) is 12.4 Å². The van der Waals surface area contributed by atoms with Crippen molar-refractivity contribution in [3.05, 3.63) is 29.8 Å². The summed E-state index contributed by atoms with van der Waals surface area (Å²) in [7, 11) is 0. The van der Waals surface area contributed by atoms with E-state index in [1.54, 1.807) is 0 Å². The van der Waals surface area contributed by atoms with Crippen molar-refractivity contribution in [3.8, 4) is 5.75 Å². The number of epoxide rings is 1. The highest BCUT2D eigenvalue weighted by atomic mass is 16.8. The Morgan fingerprint density at radius 1 is 1.00 bits per heavy atom. The quantitative estimate of drug-likeness (QED) is 0.450. The van der Waals surface area contributed by atoms with Crippen LogP contribution in [0.4, 0.5) is 0 Å². The number of unbranched alkanes of at least 4 members (excludes halogenated alkanes) is 6. The largest absolute Gasteiger partial charge is 0.462 e. The molecule has 1 aliphatic heterocycles. The highest BCUT2D eigenvalue weighted by molar-refractivity contribution is 5.27. The molecule has 0 spiro atoms. The summed E-state index contributed by atoms with van der Waals surface area (Å²) in [5.41, 5.74) is 1.41.